The predicted molar refractivity (Wildman–Crippen MR) is 137 cm³/mol. The van der Waals surface area contributed by atoms with Gasteiger partial charge in [0.15, 0.2) is 0 Å². The third-order valence-corrected chi connectivity index (χ3v) is 6.89. The molecule has 1 unspecified atom stereocenters. The van der Waals surface area contributed by atoms with E-state index in [1.807, 2.05) is 24.3 Å². The number of carbonyl (C=O) groups is 1. The summed E-state index contributed by atoms with van der Waals surface area (Å²) in [6.45, 7) is 4.04. The van der Waals surface area contributed by atoms with E-state index in [2.05, 4.69) is 54.3 Å². The van der Waals surface area contributed by atoms with Crippen LogP contribution >= 0.6 is 0 Å². The lowest BCUT2D eigenvalue weighted by molar-refractivity contribution is -0.134. The van der Waals surface area contributed by atoms with Crippen molar-refractivity contribution in [1.82, 2.24) is 9.91 Å². The summed E-state index contributed by atoms with van der Waals surface area (Å²) in [5.74, 6) is 1.41. The summed E-state index contributed by atoms with van der Waals surface area (Å²) in [4.78, 5) is 15.9. The van der Waals surface area contributed by atoms with E-state index in [1.165, 1.54) is 16.7 Å². The number of hydrogen-bond acceptors (Lipinski definition) is 5. The van der Waals surface area contributed by atoms with Gasteiger partial charge >= 0.3 is 0 Å². The summed E-state index contributed by atoms with van der Waals surface area (Å²) < 4.78 is 11.1. The number of fused-ring (bicyclic) bond motifs is 1. The van der Waals surface area contributed by atoms with Gasteiger partial charge in [0.05, 0.1) is 32.5 Å². The third kappa shape index (κ3) is 4.80. The Morgan fingerprint density at radius 1 is 1.00 bits per heavy atom. The molecule has 35 heavy (non-hydrogen) atoms. The molecular weight excluding hydrogens is 438 g/mol. The molecule has 2 aliphatic heterocycles. The first-order chi connectivity index (χ1) is 17.1. The summed E-state index contributed by atoms with van der Waals surface area (Å²) >= 11 is 0. The van der Waals surface area contributed by atoms with Gasteiger partial charge in [0.2, 0.25) is 0 Å². The summed E-state index contributed by atoms with van der Waals surface area (Å²) in [6, 6.07) is 22.3. The van der Waals surface area contributed by atoms with Gasteiger partial charge in [-0.3, -0.25) is 9.69 Å². The van der Waals surface area contributed by atoms with Crippen molar-refractivity contribution in [3.8, 4) is 11.5 Å². The van der Waals surface area contributed by atoms with Crippen LogP contribution in [-0.2, 0) is 17.8 Å². The number of methoxy groups -OCH3 is 2. The second kappa shape index (κ2) is 9.92. The highest BCUT2D eigenvalue weighted by molar-refractivity contribution is 6.03. The fraction of sp³-hybridized carbons (Fsp3) is 0.310. The maximum Gasteiger partial charge on any atom is 0.257 e. The van der Waals surface area contributed by atoms with Gasteiger partial charge in [-0.05, 0) is 42.2 Å². The van der Waals surface area contributed by atoms with Crippen LogP contribution in [0.15, 0.2) is 71.8 Å². The van der Waals surface area contributed by atoms with Gasteiger partial charge in [-0.15, -0.1) is 0 Å². The molecule has 1 atom stereocenters. The van der Waals surface area contributed by atoms with Gasteiger partial charge in [0.25, 0.3) is 5.91 Å². The second-order valence-electron chi connectivity index (χ2n) is 9.21. The monoisotopic (exact) mass is 469 g/mol. The minimum Gasteiger partial charge on any atom is -0.497 e. The van der Waals surface area contributed by atoms with Crippen LogP contribution in [0.5, 0.6) is 11.5 Å². The van der Waals surface area contributed by atoms with Crippen molar-refractivity contribution < 1.29 is 14.3 Å². The number of hydrogen-bond donors (Lipinski definition) is 0. The second-order valence-corrected chi connectivity index (χ2v) is 9.21. The standard InChI is InChI=1S/C29H31N3O3/c1-20-7-6-10-22(15-20)26-17-27(25-12-11-24(34-2)16-28(25)35-3)32(30-26)29(33)19-31-14-13-21-8-4-5-9-23(21)18-31/h4-12,15-16,27H,13-14,17-19H2,1-3H3. The summed E-state index contributed by atoms with van der Waals surface area (Å²) in [6.07, 6.45) is 1.58. The van der Waals surface area contributed by atoms with E-state index in [-0.39, 0.29) is 11.9 Å². The van der Waals surface area contributed by atoms with Gasteiger partial charge in [-0.1, -0.05) is 54.1 Å². The molecule has 6 nitrogen and oxygen atoms in total. The fourth-order valence-corrected chi connectivity index (χ4v) is 5.03. The number of carbonyl (C=O) groups excluding carboxylic acids is 1. The Bertz CT molecular complexity index is 1270. The lowest BCUT2D eigenvalue weighted by Crippen LogP contribution is -2.40. The Morgan fingerprint density at radius 2 is 1.83 bits per heavy atom. The van der Waals surface area contributed by atoms with Crippen LogP contribution in [-0.4, -0.2) is 48.8 Å². The molecule has 0 N–H and O–H groups in total. The van der Waals surface area contributed by atoms with E-state index in [4.69, 9.17) is 14.6 Å². The van der Waals surface area contributed by atoms with Crippen molar-refractivity contribution in [2.75, 3.05) is 27.3 Å². The van der Waals surface area contributed by atoms with E-state index in [0.717, 1.165) is 36.3 Å². The Morgan fingerprint density at radius 3 is 2.60 bits per heavy atom. The van der Waals surface area contributed by atoms with Crippen molar-refractivity contribution >= 4 is 11.6 Å². The summed E-state index contributed by atoms with van der Waals surface area (Å²) in [5.41, 5.74) is 6.72. The molecule has 0 radical (unpaired) electrons. The first-order valence-electron chi connectivity index (χ1n) is 12.0. The lowest BCUT2D eigenvalue weighted by Gasteiger charge is -2.30. The zero-order valence-corrected chi connectivity index (χ0v) is 20.5. The first-order valence-corrected chi connectivity index (χ1v) is 12.0. The predicted octanol–water partition coefficient (Wildman–Crippen LogP) is 4.75. The third-order valence-electron chi connectivity index (χ3n) is 6.89. The fourth-order valence-electron chi connectivity index (χ4n) is 5.03. The molecule has 5 rings (SSSR count). The molecule has 0 fully saturated rings. The SMILES string of the molecule is COc1ccc(C2CC(c3cccc(C)c3)=NN2C(=O)CN2CCc3ccccc3C2)c(OC)c1. The number of amides is 1. The Labute approximate surface area is 206 Å². The average Bonchev–Trinajstić information content (AvgIpc) is 3.34. The molecule has 2 heterocycles. The normalized spacial score (nSPS) is 17.6. The summed E-state index contributed by atoms with van der Waals surface area (Å²) in [7, 11) is 3.28. The van der Waals surface area contributed by atoms with Crippen LogP contribution in [0.25, 0.3) is 0 Å². The number of aryl methyl sites for hydroxylation is 1. The molecule has 0 saturated carbocycles. The number of benzene rings is 3. The van der Waals surface area contributed by atoms with Crippen LogP contribution in [0.3, 0.4) is 0 Å². The Hall–Kier alpha value is -3.64. The molecule has 6 heteroatoms. The van der Waals surface area contributed by atoms with Crippen molar-refractivity contribution in [3.63, 3.8) is 0 Å². The zero-order valence-electron chi connectivity index (χ0n) is 20.5. The van der Waals surface area contributed by atoms with Crippen LogP contribution in [0.2, 0.25) is 0 Å². The van der Waals surface area contributed by atoms with Gasteiger partial charge in [0, 0.05) is 31.1 Å². The highest BCUT2D eigenvalue weighted by Crippen LogP contribution is 2.39. The van der Waals surface area contributed by atoms with Crippen LogP contribution in [0, 0.1) is 6.92 Å². The number of hydrazone groups is 1. The van der Waals surface area contributed by atoms with Crippen LogP contribution < -0.4 is 9.47 Å². The molecule has 3 aromatic carbocycles. The average molecular weight is 470 g/mol. The van der Waals surface area contributed by atoms with E-state index >= 15 is 0 Å². The van der Waals surface area contributed by atoms with E-state index in [9.17, 15) is 4.79 Å². The maximum atomic E-state index is 13.7. The molecule has 180 valence electrons. The topological polar surface area (TPSA) is 54.4 Å². The number of ether oxygens (including phenoxy) is 2. The first kappa shape index (κ1) is 23.1. The molecular formula is C29H31N3O3. The molecule has 0 bridgehead atoms. The highest BCUT2D eigenvalue weighted by atomic mass is 16.5. The van der Waals surface area contributed by atoms with Gasteiger partial charge in [-0.2, -0.15) is 5.10 Å². The molecule has 2 aliphatic rings. The van der Waals surface area contributed by atoms with Gasteiger partial charge in [-0.25, -0.2) is 5.01 Å². The van der Waals surface area contributed by atoms with Crippen molar-refractivity contribution in [1.29, 1.82) is 0 Å². The molecule has 3 aromatic rings. The Balaban J connectivity index is 1.44. The molecule has 0 aromatic heterocycles. The molecule has 1 amide bonds. The lowest BCUT2D eigenvalue weighted by atomic mass is 9.96. The van der Waals surface area contributed by atoms with Crippen molar-refractivity contribution in [2.24, 2.45) is 5.10 Å². The van der Waals surface area contributed by atoms with Gasteiger partial charge in [0.1, 0.15) is 11.5 Å². The minimum absolute atomic E-state index is 0.00472. The zero-order chi connectivity index (χ0) is 24.4. The van der Waals surface area contributed by atoms with Crippen molar-refractivity contribution in [2.45, 2.75) is 32.4 Å². The van der Waals surface area contributed by atoms with Crippen LogP contribution in [0.1, 0.15) is 40.3 Å². The van der Waals surface area contributed by atoms with Gasteiger partial charge < -0.3 is 9.47 Å². The maximum absolute atomic E-state index is 13.7. The van der Waals surface area contributed by atoms with E-state index in [0.29, 0.717) is 24.5 Å². The molecule has 0 aliphatic carbocycles. The quantitative estimate of drug-likeness (QED) is 0.523. The highest BCUT2D eigenvalue weighted by Gasteiger charge is 2.35. The van der Waals surface area contributed by atoms with Crippen molar-refractivity contribution in [3.05, 3.63) is 94.5 Å². The van der Waals surface area contributed by atoms with Crippen LogP contribution in [0.4, 0.5) is 0 Å². The van der Waals surface area contributed by atoms with E-state index in [1.54, 1.807) is 19.2 Å². The largest absolute Gasteiger partial charge is 0.497 e. The summed E-state index contributed by atoms with van der Waals surface area (Å²) in [5, 5.41) is 6.54. The smallest absolute Gasteiger partial charge is 0.257 e. The number of rotatable bonds is 6. The Kier molecular flexibility index (Phi) is 6.55. The molecule has 0 saturated heterocycles. The minimum atomic E-state index is -0.240. The number of nitrogens with zero attached hydrogens (tertiary/aromatic N) is 3. The molecule has 0 spiro atoms. The van der Waals surface area contributed by atoms with E-state index < -0.39 is 0 Å².